The Morgan fingerprint density at radius 3 is 2.86 bits per heavy atom. The molecule has 0 radical (unpaired) electrons. The predicted molar refractivity (Wildman–Crippen MR) is 88.2 cm³/mol. The van der Waals surface area contributed by atoms with E-state index in [9.17, 15) is 9.59 Å². The van der Waals surface area contributed by atoms with Crippen molar-refractivity contribution in [1.29, 1.82) is 0 Å². The highest BCUT2D eigenvalue weighted by Gasteiger charge is 2.34. The second-order valence-electron chi connectivity index (χ2n) is 5.49. The molecular formula is C17H18N2O2S. The number of hydrogen-bond donors (Lipinski definition) is 1. The molecule has 0 saturated carbocycles. The molecule has 2 aromatic rings. The summed E-state index contributed by atoms with van der Waals surface area (Å²) in [5.74, 6) is -0.148. The summed E-state index contributed by atoms with van der Waals surface area (Å²) in [6.07, 6.45) is 1.58. The number of carbonyl (C=O) groups is 2. The maximum atomic E-state index is 12.5. The lowest BCUT2D eigenvalue weighted by Gasteiger charge is -2.23. The summed E-state index contributed by atoms with van der Waals surface area (Å²) < 4.78 is 0. The predicted octanol–water partition coefficient (Wildman–Crippen LogP) is 3.30. The molecule has 0 bridgehead atoms. The molecular weight excluding hydrogens is 296 g/mol. The normalized spacial score (nSPS) is 17.5. The zero-order valence-electron chi connectivity index (χ0n) is 12.4. The molecule has 1 aliphatic rings. The monoisotopic (exact) mass is 314 g/mol. The molecule has 4 nitrogen and oxygen atoms in total. The van der Waals surface area contributed by atoms with Gasteiger partial charge in [0.15, 0.2) is 0 Å². The fourth-order valence-electron chi connectivity index (χ4n) is 2.77. The van der Waals surface area contributed by atoms with Crippen molar-refractivity contribution in [3.63, 3.8) is 0 Å². The summed E-state index contributed by atoms with van der Waals surface area (Å²) in [7, 11) is 0. The smallest absolute Gasteiger partial charge is 0.264 e. The number of amides is 2. The summed E-state index contributed by atoms with van der Waals surface area (Å²) in [6, 6.07) is 11.0. The largest absolute Gasteiger partial charge is 0.326 e. The number of nitrogens with one attached hydrogen (secondary N) is 1. The van der Waals surface area contributed by atoms with Crippen LogP contribution in [-0.4, -0.2) is 29.3 Å². The molecule has 3 rings (SSSR count). The highest BCUT2D eigenvalue weighted by atomic mass is 32.1. The van der Waals surface area contributed by atoms with Gasteiger partial charge in [-0.15, -0.1) is 11.3 Å². The third-order valence-electron chi connectivity index (χ3n) is 3.83. The van der Waals surface area contributed by atoms with E-state index in [4.69, 9.17) is 0 Å². The van der Waals surface area contributed by atoms with E-state index in [1.807, 2.05) is 42.6 Å². The van der Waals surface area contributed by atoms with Crippen LogP contribution in [0, 0.1) is 6.92 Å². The van der Waals surface area contributed by atoms with Crippen molar-refractivity contribution < 1.29 is 9.59 Å². The van der Waals surface area contributed by atoms with Crippen LogP contribution in [0.2, 0.25) is 0 Å². The molecule has 1 aromatic heterocycles. The molecule has 1 atom stereocenters. The Bertz CT molecular complexity index is 682. The number of nitrogens with zero attached hydrogens (tertiary/aromatic N) is 1. The molecule has 114 valence electrons. The zero-order chi connectivity index (χ0) is 15.5. The standard InChI is InChI=1S/C17H18N2O2S/c1-12-5-2-6-13(11-12)18-16(20)14-7-3-9-19(14)17(21)15-8-4-10-22-15/h2,4-6,8,10-11,14H,3,7,9H2,1H3,(H,18,20)/t14-/m1/s1. The van der Waals surface area contributed by atoms with Gasteiger partial charge in [-0.2, -0.15) is 0 Å². The molecule has 1 aliphatic heterocycles. The average molecular weight is 314 g/mol. The molecule has 0 spiro atoms. The van der Waals surface area contributed by atoms with Gasteiger partial charge in [-0.25, -0.2) is 0 Å². The third kappa shape index (κ3) is 3.04. The van der Waals surface area contributed by atoms with Crippen LogP contribution in [0.15, 0.2) is 41.8 Å². The summed E-state index contributed by atoms with van der Waals surface area (Å²) in [6.45, 7) is 2.63. The van der Waals surface area contributed by atoms with Gasteiger partial charge in [0.05, 0.1) is 4.88 Å². The maximum Gasteiger partial charge on any atom is 0.264 e. The number of thiophene rings is 1. The van der Waals surface area contributed by atoms with E-state index in [0.717, 1.165) is 24.1 Å². The van der Waals surface area contributed by atoms with Crippen LogP contribution in [0.3, 0.4) is 0 Å². The minimum absolute atomic E-state index is 0.0445. The number of rotatable bonds is 3. The SMILES string of the molecule is Cc1cccc(NC(=O)[C@H]2CCCN2C(=O)c2cccs2)c1. The molecule has 2 heterocycles. The first-order chi connectivity index (χ1) is 10.6. The first-order valence-corrected chi connectivity index (χ1v) is 8.25. The second kappa shape index (κ2) is 6.32. The maximum absolute atomic E-state index is 12.5. The lowest BCUT2D eigenvalue weighted by atomic mass is 10.1. The van der Waals surface area contributed by atoms with E-state index in [-0.39, 0.29) is 17.9 Å². The number of hydrogen-bond acceptors (Lipinski definition) is 3. The number of benzene rings is 1. The van der Waals surface area contributed by atoms with Crippen molar-refractivity contribution >= 4 is 28.8 Å². The van der Waals surface area contributed by atoms with Gasteiger partial charge in [0.1, 0.15) is 6.04 Å². The second-order valence-corrected chi connectivity index (χ2v) is 6.44. The third-order valence-corrected chi connectivity index (χ3v) is 4.69. The summed E-state index contributed by atoms with van der Waals surface area (Å²) in [4.78, 5) is 27.4. The Balaban J connectivity index is 1.72. The van der Waals surface area contributed by atoms with Crippen molar-refractivity contribution in [2.75, 3.05) is 11.9 Å². The van der Waals surface area contributed by atoms with Crippen LogP contribution in [0.25, 0.3) is 0 Å². The fraction of sp³-hybridized carbons (Fsp3) is 0.294. The zero-order valence-corrected chi connectivity index (χ0v) is 13.2. The van der Waals surface area contributed by atoms with E-state index in [1.54, 1.807) is 11.0 Å². The summed E-state index contributed by atoms with van der Waals surface area (Å²) >= 11 is 1.41. The Kier molecular flexibility index (Phi) is 4.24. The lowest BCUT2D eigenvalue weighted by Crippen LogP contribution is -2.42. The highest BCUT2D eigenvalue weighted by molar-refractivity contribution is 7.12. The van der Waals surface area contributed by atoms with E-state index >= 15 is 0 Å². The topological polar surface area (TPSA) is 49.4 Å². The average Bonchev–Trinajstić information content (AvgIpc) is 3.18. The van der Waals surface area contributed by atoms with E-state index in [0.29, 0.717) is 11.4 Å². The van der Waals surface area contributed by atoms with Gasteiger partial charge in [0.25, 0.3) is 5.91 Å². The molecule has 5 heteroatoms. The van der Waals surface area contributed by atoms with Gasteiger partial charge >= 0.3 is 0 Å². The van der Waals surface area contributed by atoms with Crippen LogP contribution < -0.4 is 5.32 Å². The van der Waals surface area contributed by atoms with E-state index < -0.39 is 0 Å². The molecule has 1 aromatic carbocycles. The molecule has 1 saturated heterocycles. The first kappa shape index (κ1) is 14.8. The molecule has 0 aliphatic carbocycles. The fourth-order valence-corrected chi connectivity index (χ4v) is 3.45. The van der Waals surface area contributed by atoms with Crippen molar-refractivity contribution in [3.8, 4) is 0 Å². The molecule has 0 unspecified atom stereocenters. The quantitative estimate of drug-likeness (QED) is 0.945. The number of likely N-dealkylation sites (tertiary alicyclic amines) is 1. The van der Waals surface area contributed by atoms with Gasteiger partial charge < -0.3 is 10.2 Å². The first-order valence-electron chi connectivity index (χ1n) is 7.37. The van der Waals surface area contributed by atoms with Crippen molar-refractivity contribution in [2.45, 2.75) is 25.8 Å². The van der Waals surface area contributed by atoms with Gasteiger partial charge in [0, 0.05) is 12.2 Å². The van der Waals surface area contributed by atoms with Crippen LogP contribution in [-0.2, 0) is 4.79 Å². The number of aryl methyl sites for hydroxylation is 1. The van der Waals surface area contributed by atoms with Crippen LogP contribution >= 0.6 is 11.3 Å². The summed E-state index contributed by atoms with van der Waals surface area (Å²) in [5, 5.41) is 4.81. The lowest BCUT2D eigenvalue weighted by molar-refractivity contribution is -0.119. The Morgan fingerprint density at radius 2 is 2.14 bits per heavy atom. The van der Waals surface area contributed by atoms with Crippen LogP contribution in [0.4, 0.5) is 5.69 Å². The minimum Gasteiger partial charge on any atom is -0.326 e. The summed E-state index contributed by atoms with van der Waals surface area (Å²) in [5.41, 5.74) is 1.87. The van der Waals surface area contributed by atoms with Crippen LogP contribution in [0.5, 0.6) is 0 Å². The Morgan fingerprint density at radius 1 is 1.27 bits per heavy atom. The minimum atomic E-state index is -0.380. The molecule has 22 heavy (non-hydrogen) atoms. The molecule has 2 amide bonds. The van der Waals surface area contributed by atoms with Crippen molar-refractivity contribution in [3.05, 3.63) is 52.2 Å². The van der Waals surface area contributed by atoms with E-state index in [1.165, 1.54) is 11.3 Å². The van der Waals surface area contributed by atoms with Gasteiger partial charge in [0.2, 0.25) is 5.91 Å². The molecule has 1 N–H and O–H groups in total. The van der Waals surface area contributed by atoms with Crippen molar-refractivity contribution in [1.82, 2.24) is 4.90 Å². The molecule has 1 fully saturated rings. The van der Waals surface area contributed by atoms with E-state index in [2.05, 4.69) is 5.32 Å². The van der Waals surface area contributed by atoms with Gasteiger partial charge in [-0.3, -0.25) is 9.59 Å². The number of carbonyl (C=O) groups excluding carboxylic acids is 2. The highest BCUT2D eigenvalue weighted by Crippen LogP contribution is 2.23. The van der Waals surface area contributed by atoms with Gasteiger partial charge in [-0.1, -0.05) is 18.2 Å². The Labute approximate surface area is 133 Å². The van der Waals surface area contributed by atoms with Crippen LogP contribution in [0.1, 0.15) is 28.1 Å². The number of anilines is 1. The van der Waals surface area contributed by atoms with Gasteiger partial charge in [-0.05, 0) is 48.9 Å². The Hall–Kier alpha value is -2.14. The van der Waals surface area contributed by atoms with Crippen molar-refractivity contribution in [2.24, 2.45) is 0 Å².